The lowest BCUT2D eigenvalue weighted by molar-refractivity contribution is 0.0930. The van der Waals surface area contributed by atoms with Gasteiger partial charge in [0.25, 0.3) is 5.91 Å². The topological polar surface area (TPSA) is 67.7 Å². The first-order valence-corrected chi connectivity index (χ1v) is 9.36. The Morgan fingerprint density at radius 1 is 1.21 bits per heavy atom. The molecule has 1 saturated heterocycles. The van der Waals surface area contributed by atoms with Crippen molar-refractivity contribution in [1.29, 1.82) is 0 Å². The Bertz CT molecular complexity index is 938. The highest BCUT2D eigenvalue weighted by atomic mass is 35.5. The van der Waals surface area contributed by atoms with E-state index in [1.54, 1.807) is 12.1 Å². The minimum absolute atomic E-state index is 0. The predicted molar refractivity (Wildman–Crippen MR) is 119 cm³/mol. The number of rotatable bonds is 5. The summed E-state index contributed by atoms with van der Waals surface area (Å²) in [6.07, 6.45) is 6.14. The minimum atomic E-state index is -0.0361. The molecule has 1 aromatic carbocycles. The maximum absolute atomic E-state index is 12.3. The largest absolute Gasteiger partial charge is 0.487 e. The van der Waals surface area contributed by atoms with Crippen LogP contribution in [0.3, 0.4) is 0 Å². The van der Waals surface area contributed by atoms with Gasteiger partial charge in [-0.05, 0) is 62.2 Å². The van der Waals surface area contributed by atoms with Crippen LogP contribution in [0.1, 0.15) is 34.5 Å². The summed E-state index contributed by atoms with van der Waals surface area (Å²) in [6.45, 7) is 4.31. The zero-order valence-corrected chi connectivity index (χ0v) is 17.9. The third kappa shape index (κ3) is 5.85. The third-order valence-corrected chi connectivity index (χ3v) is 4.78. The van der Waals surface area contributed by atoms with Gasteiger partial charge in [0.2, 0.25) is 0 Å². The number of halogens is 2. The lowest BCUT2D eigenvalue weighted by Gasteiger charge is -2.23. The normalized spacial score (nSPS) is 15.8. The molecule has 3 heterocycles. The molecule has 0 bridgehead atoms. The number of carbonyl (C=O) groups excluding carboxylic acids is 1. The van der Waals surface area contributed by atoms with Crippen molar-refractivity contribution in [3.05, 3.63) is 65.6 Å². The molecule has 2 N–H and O–H groups in total. The second-order valence-electron chi connectivity index (χ2n) is 7.03. The van der Waals surface area contributed by atoms with Gasteiger partial charge in [-0.2, -0.15) is 0 Å². The number of pyridine rings is 1. The summed E-state index contributed by atoms with van der Waals surface area (Å²) in [5.74, 6) is 0.685. The third-order valence-electron chi connectivity index (χ3n) is 4.78. The monoisotopic (exact) mass is 436 g/mol. The van der Waals surface area contributed by atoms with E-state index in [-0.39, 0.29) is 36.8 Å². The van der Waals surface area contributed by atoms with E-state index in [4.69, 9.17) is 4.74 Å². The van der Waals surface area contributed by atoms with Crippen LogP contribution in [0.25, 0.3) is 5.65 Å². The molecule has 3 aromatic rings. The van der Waals surface area contributed by atoms with E-state index in [1.807, 2.05) is 41.1 Å². The number of amides is 1. The number of hydrogen-bond acceptors (Lipinski definition) is 4. The van der Waals surface area contributed by atoms with Crippen LogP contribution in [-0.4, -0.2) is 34.4 Å². The van der Waals surface area contributed by atoms with Crippen molar-refractivity contribution in [1.82, 2.24) is 20.0 Å². The Balaban J connectivity index is 0.00000150. The summed E-state index contributed by atoms with van der Waals surface area (Å²) >= 11 is 0. The van der Waals surface area contributed by atoms with Crippen molar-refractivity contribution in [2.24, 2.45) is 0 Å². The molecular formula is C21H26Cl2N4O2. The highest BCUT2D eigenvalue weighted by molar-refractivity contribution is 5.94. The number of nitrogens with one attached hydrogen (secondary N) is 2. The van der Waals surface area contributed by atoms with Crippen molar-refractivity contribution in [3.63, 3.8) is 0 Å². The maximum Gasteiger partial charge on any atom is 0.251 e. The lowest BCUT2D eigenvalue weighted by atomic mass is 10.1. The molecule has 29 heavy (non-hydrogen) atoms. The number of ether oxygens (including phenoxy) is 1. The highest BCUT2D eigenvalue weighted by Crippen LogP contribution is 2.15. The molecule has 1 fully saturated rings. The van der Waals surface area contributed by atoms with E-state index in [2.05, 4.69) is 22.5 Å². The molecule has 1 atom stereocenters. The first kappa shape index (κ1) is 23.0. The van der Waals surface area contributed by atoms with Crippen LogP contribution in [0.5, 0.6) is 5.75 Å². The van der Waals surface area contributed by atoms with Crippen LogP contribution < -0.4 is 15.4 Å². The molecule has 0 spiro atoms. The molecule has 0 unspecified atom stereocenters. The summed E-state index contributed by atoms with van der Waals surface area (Å²) in [7, 11) is 0. The van der Waals surface area contributed by atoms with Gasteiger partial charge in [0, 0.05) is 30.5 Å². The van der Waals surface area contributed by atoms with Gasteiger partial charge in [-0.25, -0.2) is 4.98 Å². The number of fused-ring (bicyclic) bond motifs is 1. The smallest absolute Gasteiger partial charge is 0.251 e. The Kier molecular flexibility index (Phi) is 8.32. The number of carbonyl (C=O) groups is 1. The van der Waals surface area contributed by atoms with Crippen molar-refractivity contribution in [3.8, 4) is 5.75 Å². The molecule has 2 aromatic heterocycles. The summed E-state index contributed by atoms with van der Waals surface area (Å²) < 4.78 is 7.82. The first-order chi connectivity index (χ1) is 13.2. The number of piperidine rings is 1. The number of aromatic nitrogens is 2. The van der Waals surface area contributed by atoms with Gasteiger partial charge < -0.3 is 19.8 Å². The molecule has 6 nitrogen and oxygen atoms in total. The number of hydrogen-bond donors (Lipinski definition) is 2. The quantitative estimate of drug-likeness (QED) is 0.641. The van der Waals surface area contributed by atoms with E-state index in [0.29, 0.717) is 12.2 Å². The molecule has 1 aliphatic heterocycles. The van der Waals surface area contributed by atoms with Gasteiger partial charge in [-0.1, -0.05) is 6.07 Å². The summed E-state index contributed by atoms with van der Waals surface area (Å²) in [6, 6.07) is 11.5. The molecule has 1 aliphatic rings. The standard InChI is InChI=1S/C21H24N4O2.2ClH/c1-15-4-9-20-23-18(13-25(20)12-15)14-27-19-7-5-16(6-8-19)21(26)24-17-3-2-10-22-11-17;;/h4-9,12-13,17,22H,2-3,10-11,14H2,1H3,(H,24,26);2*1H/t17-;;/m0../s1. The van der Waals surface area contributed by atoms with Crippen LogP contribution >= 0.6 is 24.8 Å². The summed E-state index contributed by atoms with van der Waals surface area (Å²) in [4.78, 5) is 16.9. The highest BCUT2D eigenvalue weighted by Gasteiger charge is 2.16. The average molecular weight is 437 g/mol. The maximum atomic E-state index is 12.3. The average Bonchev–Trinajstić information content (AvgIpc) is 3.09. The number of imidazole rings is 1. The van der Waals surface area contributed by atoms with Crippen LogP contribution in [-0.2, 0) is 6.61 Å². The SMILES string of the molecule is Cc1ccc2nc(COc3ccc(C(=O)N[C@H]4CCCNC4)cc3)cn2c1.Cl.Cl. The van der Waals surface area contributed by atoms with E-state index < -0.39 is 0 Å². The molecule has 0 radical (unpaired) electrons. The molecular weight excluding hydrogens is 411 g/mol. The molecule has 4 rings (SSSR count). The minimum Gasteiger partial charge on any atom is -0.487 e. The van der Waals surface area contributed by atoms with E-state index >= 15 is 0 Å². The fourth-order valence-electron chi connectivity index (χ4n) is 3.33. The van der Waals surface area contributed by atoms with Gasteiger partial charge in [0.1, 0.15) is 18.0 Å². The Morgan fingerprint density at radius 3 is 2.72 bits per heavy atom. The van der Waals surface area contributed by atoms with Gasteiger partial charge in [-0.15, -0.1) is 24.8 Å². The van der Waals surface area contributed by atoms with Gasteiger partial charge in [0.05, 0.1) is 5.69 Å². The first-order valence-electron chi connectivity index (χ1n) is 9.36. The van der Waals surface area contributed by atoms with Crippen molar-refractivity contribution >= 4 is 36.4 Å². The molecule has 1 amide bonds. The number of benzene rings is 1. The second kappa shape index (κ2) is 10.5. The van der Waals surface area contributed by atoms with E-state index in [1.165, 1.54) is 5.56 Å². The zero-order chi connectivity index (χ0) is 18.6. The Hall–Kier alpha value is -2.28. The van der Waals surface area contributed by atoms with E-state index in [9.17, 15) is 4.79 Å². The van der Waals surface area contributed by atoms with Crippen molar-refractivity contribution < 1.29 is 9.53 Å². The van der Waals surface area contributed by atoms with Crippen molar-refractivity contribution in [2.75, 3.05) is 13.1 Å². The van der Waals surface area contributed by atoms with E-state index in [0.717, 1.165) is 43.0 Å². The van der Waals surface area contributed by atoms with Gasteiger partial charge in [-0.3, -0.25) is 4.79 Å². The van der Waals surface area contributed by atoms with Gasteiger partial charge in [0.15, 0.2) is 0 Å². The number of nitrogens with zero attached hydrogens (tertiary/aromatic N) is 2. The molecule has 156 valence electrons. The molecule has 0 aliphatic carbocycles. The Labute approximate surface area is 182 Å². The lowest BCUT2D eigenvalue weighted by Crippen LogP contribution is -2.45. The second-order valence-corrected chi connectivity index (χ2v) is 7.03. The number of aryl methyl sites for hydroxylation is 1. The van der Waals surface area contributed by atoms with Crippen LogP contribution in [0.4, 0.5) is 0 Å². The zero-order valence-electron chi connectivity index (χ0n) is 16.3. The summed E-state index contributed by atoms with van der Waals surface area (Å²) in [5.41, 5.74) is 3.61. The van der Waals surface area contributed by atoms with Crippen molar-refractivity contribution in [2.45, 2.75) is 32.4 Å². The Morgan fingerprint density at radius 2 is 2.00 bits per heavy atom. The predicted octanol–water partition coefficient (Wildman–Crippen LogP) is 3.55. The fourth-order valence-corrected chi connectivity index (χ4v) is 3.33. The molecule has 0 saturated carbocycles. The molecule has 8 heteroatoms. The van der Waals surface area contributed by atoms with Crippen LogP contribution in [0, 0.1) is 6.92 Å². The summed E-state index contributed by atoms with van der Waals surface area (Å²) in [5, 5.41) is 6.38. The van der Waals surface area contributed by atoms with Crippen LogP contribution in [0.2, 0.25) is 0 Å². The fraction of sp³-hybridized carbons (Fsp3) is 0.333. The van der Waals surface area contributed by atoms with Crippen LogP contribution in [0.15, 0.2) is 48.8 Å². The van der Waals surface area contributed by atoms with Gasteiger partial charge >= 0.3 is 0 Å².